The number of aromatic hydroxyl groups is 1. The highest BCUT2D eigenvalue weighted by atomic mass is 16.4. The van der Waals surface area contributed by atoms with Crippen molar-refractivity contribution < 1.29 is 19.8 Å². The maximum Gasteiger partial charge on any atom is 0.311 e. The van der Waals surface area contributed by atoms with Crippen molar-refractivity contribution in [1.29, 1.82) is 0 Å². The molecule has 0 radical (unpaired) electrons. The Bertz CT molecular complexity index is 533. The van der Waals surface area contributed by atoms with Gasteiger partial charge in [0.15, 0.2) is 0 Å². The summed E-state index contributed by atoms with van der Waals surface area (Å²) in [5.41, 5.74) is 0.194. The first-order valence-electron chi connectivity index (χ1n) is 6.76. The molecule has 1 aromatic rings. The fourth-order valence-electron chi connectivity index (χ4n) is 2.69. The lowest BCUT2D eigenvalue weighted by Crippen LogP contribution is -2.41. The first kappa shape index (κ1) is 14.4. The van der Waals surface area contributed by atoms with Crippen molar-refractivity contribution in [2.24, 2.45) is 5.41 Å². The minimum atomic E-state index is -0.858. The molecule has 3 N–H and O–H groups in total. The van der Waals surface area contributed by atoms with Crippen molar-refractivity contribution in [3.63, 3.8) is 0 Å². The zero-order valence-corrected chi connectivity index (χ0v) is 11.5. The van der Waals surface area contributed by atoms with Crippen LogP contribution in [-0.2, 0) is 4.79 Å². The number of phenols is 1. The summed E-state index contributed by atoms with van der Waals surface area (Å²) < 4.78 is 0. The number of aryl methyl sites for hydroxylation is 1. The van der Waals surface area contributed by atoms with Gasteiger partial charge in [-0.25, -0.2) is 0 Å². The average Bonchev–Trinajstić information content (AvgIpc) is 2.89. The van der Waals surface area contributed by atoms with Gasteiger partial charge >= 0.3 is 5.97 Å². The van der Waals surface area contributed by atoms with Gasteiger partial charge in [-0.1, -0.05) is 24.5 Å². The number of aliphatic carboxylic acids is 1. The van der Waals surface area contributed by atoms with Gasteiger partial charge < -0.3 is 15.5 Å². The van der Waals surface area contributed by atoms with Crippen LogP contribution in [0.3, 0.4) is 0 Å². The van der Waals surface area contributed by atoms with E-state index in [0.717, 1.165) is 18.4 Å². The second-order valence-electron chi connectivity index (χ2n) is 5.50. The smallest absolute Gasteiger partial charge is 0.311 e. The maximum absolute atomic E-state index is 12.1. The summed E-state index contributed by atoms with van der Waals surface area (Å²) in [5.74, 6) is -1.38. The normalized spacial score (nSPS) is 16.9. The number of phenolic OH excluding ortho intramolecular Hbond substituents is 1. The van der Waals surface area contributed by atoms with E-state index >= 15 is 0 Å². The average molecular weight is 277 g/mol. The van der Waals surface area contributed by atoms with E-state index in [2.05, 4.69) is 5.32 Å². The zero-order chi connectivity index (χ0) is 14.8. The van der Waals surface area contributed by atoms with Crippen molar-refractivity contribution in [2.75, 3.05) is 6.54 Å². The number of nitrogens with one attached hydrogen (secondary N) is 1. The second kappa shape index (κ2) is 5.53. The molecule has 1 aliphatic carbocycles. The molecule has 5 heteroatoms. The summed E-state index contributed by atoms with van der Waals surface area (Å²) in [6.07, 6.45) is 2.92. The van der Waals surface area contributed by atoms with E-state index in [1.807, 2.05) is 6.92 Å². The summed E-state index contributed by atoms with van der Waals surface area (Å²) in [5, 5.41) is 21.7. The van der Waals surface area contributed by atoms with E-state index in [1.54, 1.807) is 12.1 Å². The number of carbonyl (C=O) groups is 2. The molecule has 0 atom stereocenters. The Morgan fingerprint density at radius 3 is 2.55 bits per heavy atom. The molecule has 1 amide bonds. The number of rotatable bonds is 4. The predicted molar refractivity (Wildman–Crippen MR) is 73.7 cm³/mol. The number of hydrogen-bond donors (Lipinski definition) is 3. The number of benzene rings is 1. The molecule has 20 heavy (non-hydrogen) atoms. The summed E-state index contributed by atoms with van der Waals surface area (Å²) in [6.45, 7) is 1.93. The molecule has 0 unspecified atom stereocenters. The molecule has 0 saturated heterocycles. The van der Waals surface area contributed by atoms with E-state index in [9.17, 15) is 19.8 Å². The molecular formula is C15H19NO4. The molecule has 0 bridgehead atoms. The zero-order valence-electron chi connectivity index (χ0n) is 11.5. The lowest BCUT2D eigenvalue weighted by Gasteiger charge is -2.24. The Morgan fingerprint density at radius 1 is 1.30 bits per heavy atom. The van der Waals surface area contributed by atoms with Crippen LogP contribution in [0.5, 0.6) is 5.75 Å². The molecule has 0 heterocycles. The van der Waals surface area contributed by atoms with Crippen LogP contribution in [0, 0.1) is 12.3 Å². The van der Waals surface area contributed by atoms with E-state index in [4.69, 9.17) is 0 Å². The number of hydrogen-bond acceptors (Lipinski definition) is 3. The van der Waals surface area contributed by atoms with Crippen molar-refractivity contribution >= 4 is 11.9 Å². The van der Waals surface area contributed by atoms with E-state index in [-0.39, 0.29) is 17.9 Å². The Morgan fingerprint density at radius 2 is 1.95 bits per heavy atom. The second-order valence-corrected chi connectivity index (χ2v) is 5.50. The number of carboxylic acid groups (broad SMARTS) is 1. The van der Waals surface area contributed by atoms with Gasteiger partial charge in [0.25, 0.3) is 5.91 Å². The minimum Gasteiger partial charge on any atom is -0.507 e. The van der Waals surface area contributed by atoms with Crippen LogP contribution in [0.25, 0.3) is 0 Å². The Kier molecular flexibility index (Phi) is 3.97. The van der Waals surface area contributed by atoms with E-state index < -0.39 is 17.3 Å². The lowest BCUT2D eigenvalue weighted by atomic mass is 9.86. The summed E-state index contributed by atoms with van der Waals surface area (Å²) >= 11 is 0. The van der Waals surface area contributed by atoms with Crippen LogP contribution < -0.4 is 5.32 Å². The van der Waals surface area contributed by atoms with Crippen molar-refractivity contribution in [2.45, 2.75) is 32.6 Å². The first-order valence-corrected chi connectivity index (χ1v) is 6.76. The van der Waals surface area contributed by atoms with Crippen molar-refractivity contribution in [3.05, 3.63) is 29.3 Å². The van der Waals surface area contributed by atoms with Gasteiger partial charge in [0.1, 0.15) is 5.75 Å². The van der Waals surface area contributed by atoms with Crippen LogP contribution >= 0.6 is 0 Å². The van der Waals surface area contributed by atoms with Crippen molar-refractivity contribution in [3.8, 4) is 5.75 Å². The molecule has 5 nitrogen and oxygen atoms in total. The third-order valence-electron chi connectivity index (χ3n) is 4.00. The minimum absolute atomic E-state index is 0.0936. The van der Waals surface area contributed by atoms with Gasteiger partial charge in [0.05, 0.1) is 11.0 Å². The highest BCUT2D eigenvalue weighted by molar-refractivity contribution is 5.97. The monoisotopic (exact) mass is 277 g/mol. The summed E-state index contributed by atoms with van der Waals surface area (Å²) in [6, 6.07) is 4.77. The largest absolute Gasteiger partial charge is 0.507 e. The molecule has 2 rings (SSSR count). The molecule has 0 aromatic heterocycles. The highest BCUT2D eigenvalue weighted by Crippen LogP contribution is 2.37. The number of carboxylic acids is 1. The van der Waals surface area contributed by atoms with Crippen LogP contribution in [0.15, 0.2) is 18.2 Å². The molecule has 1 aliphatic rings. The van der Waals surface area contributed by atoms with Crippen LogP contribution in [-0.4, -0.2) is 28.6 Å². The topological polar surface area (TPSA) is 86.6 Å². The third-order valence-corrected chi connectivity index (χ3v) is 4.00. The fraction of sp³-hybridized carbons (Fsp3) is 0.467. The van der Waals surface area contributed by atoms with Gasteiger partial charge in [-0.2, -0.15) is 0 Å². The SMILES string of the molecule is Cc1ccc(O)c(C(=O)NCC2(C(=O)O)CCCC2)c1. The molecule has 1 aromatic carbocycles. The molecule has 1 saturated carbocycles. The first-order chi connectivity index (χ1) is 9.44. The molecule has 0 aliphatic heterocycles. The quantitative estimate of drug-likeness (QED) is 0.786. The standard InChI is InChI=1S/C15H19NO4/c1-10-4-5-12(17)11(8-10)13(18)16-9-15(14(19)20)6-2-3-7-15/h4-5,8,17H,2-3,6-7,9H2,1H3,(H,16,18)(H,19,20). The van der Waals surface area contributed by atoms with E-state index in [1.165, 1.54) is 6.07 Å². The molecular weight excluding hydrogens is 258 g/mol. The fourth-order valence-corrected chi connectivity index (χ4v) is 2.69. The molecule has 0 spiro atoms. The summed E-state index contributed by atoms with van der Waals surface area (Å²) in [7, 11) is 0. The predicted octanol–water partition coefficient (Wildman–Crippen LogP) is 2.08. The van der Waals surface area contributed by atoms with Crippen LogP contribution in [0.1, 0.15) is 41.6 Å². The van der Waals surface area contributed by atoms with Gasteiger partial charge in [-0.05, 0) is 31.9 Å². The van der Waals surface area contributed by atoms with Crippen LogP contribution in [0.2, 0.25) is 0 Å². The van der Waals surface area contributed by atoms with E-state index in [0.29, 0.717) is 12.8 Å². The molecule has 108 valence electrons. The van der Waals surface area contributed by atoms with Gasteiger partial charge in [0.2, 0.25) is 0 Å². The number of carbonyl (C=O) groups excluding carboxylic acids is 1. The maximum atomic E-state index is 12.1. The van der Waals surface area contributed by atoms with Gasteiger partial charge in [0, 0.05) is 6.54 Å². The Labute approximate surface area is 117 Å². The Balaban J connectivity index is 2.08. The highest BCUT2D eigenvalue weighted by Gasteiger charge is 2.41. The van der Waals surface area contributed by atoms with Crippen molar-refractivity contribution in [1.82, 2.24) is 5.32 Å². The Hall–Kier alpha value is -2.04. The third kappa shape index (κ3) is 2.76. The lowest BCUT2D eigenvalue weighted by molar-refractivity contribution is -0.148. The van der Waals surface area contributed by atoms with Gasteiger partial charge in [-0.3, -0.25) is 9.59 Å². The summed E-state index contributed by atoms with van der Waals surface area (Å²) in [4.78, 5) is 23.5. The number of amides is 1. The molecule has 1 fully saturated rings. The van der Waals surface area contributed by atoms with Crippen LogP contribution in [0.4, 0.5) is 0 Å². The van der Waals surface area contributed by atoms with Gasteiger partial charge in [-0.15, -0.1) is 0 Å².